The Bertz CT molecular complexity index is 866. The second kappa shape index (κ2) is 11.0. The minimum Gasteiger partial charge on any atom is -0.385 e. The zero-order valence-corrected chi connectivity index (χ0v) is 18.1. The molecule has 0 saturated carbocycles. The van der Waals surface area contributed by atoms with E-state index in [-0.39, 0.29) is 16.7 Å². The van der Waals surface area contributed by atoms with E-state index in [0.717, 1.165) is 17.7 Å². The highest BCUT2D eigenvalue weighted by atomic mass is 32.2. The molecule has 0 aromatic heterocycles. The number of para-hydroxylation sites is 1. The second-order valence-corrected chi connectivity index (χ2v) is 9.27. The molecule has 2 aromatic rings. The molecule has 1 amide bonds. The Labute approximate surface area is 174 Å². The van der Waals surface area contributed by atoms with Crippen LogP contribution in [0.4, 0.5) is 5.69 Å². The van der Waals surface area contributed by atoms with E-state index in [0.29, 0.717) is 19.5 Å². The van der Waals surface area contributed by atoms with Gasteiger partial charge >= 0.3 is 0 Å². The van der Waals surface area contributed by atoms with Gasteiger partial charge in [0.05, 0.1) is 4.90 Å². The van der Waals surface area contributed by atoms with Crippen molar-refractivity contribution < 1.29 is 13.2 Å². The van der Waals surface area contributed by atoms with Gasteiger partial charge in [-0.2, -0.15) is 4.72 Å². The standard InChI is InChI=1S/C22H31N3O3S/c1-17(2)16-21(25-29(27,28)20-12-10-18(3)11-13-20)22(26)24-15-7-14-23-19-8-5-4-6-9-19/h4-6,8-13,17,21,23,25H,7,14-16H2,1-3H3,(H,24,26). The van der Waals surface area contributed by atoms with Crippen molar-refractivity contribution in [3.63, 3.8) is 0 Å². The fraction of sp³-hybridized carbons (Fsp3) is 0.409. The van der Waals surface area contributed by atoms with E-state index in [2.05, 4.69) is 15.4 Å². The van der Waals surface area contributed by atoms with Gasteiger partial charge in [0.2, 0.25) is 15.9 Å². The lowest BCUT2D eigenvalue weighted by atomic mass is 10.0. The van der Waals surface area contributed by atoms with Crippen LogP contribution in [-0.2, 0) is 14.8 Å². The molecule has 1 atom stereocenters. The molecule has 1 unspecified atom stereocenters. The summed E-state index contributed by atoms with van der Waals surface area (Å²) < 4.78 is 27.9. The topological polar surface area (TPSA) is 87.3 Å². The zero-order chi connectivity index (χ0) is 21.3. The van der Waals surface area contributed by atoms with Crippen molar-refractivity contribution in [3.05, 3.63) is 60.2 Å². The highest BCUT2D eigenvalue weighted by Crippen LogP contribution is 2.13. The third kappa shape index (κ3) is 7.87. The third-order valence-electron chi connectivity index (χ3n) is 4.41. The summed E-state index contributed by atoms with van der Waals surface area (Å²) in [6.45, 7) is 7.01. The molecule has 7 heteroatoms. The summed E-state index contributed by atoms with van der Waals surface area (Å²) in [5, 5.41) is 6.13. The van der Waals surface area contributed by atoms with Crippen LogP contribution < -0.4 is 15.4 Å². The predicted octanol–water partition coefficient (Wildman–Crippen LogP) is 3.31. The number of amides is 1. The summed E-state index contributed by atoms with van der Waals surface area (Å²) in [5.74, 6) is -0.125. The zero-order valence-electron chi connectivity index (χ0n) is 17.3. The van der Waals surface area contributed by atoms with Crippen LogP contribution in [0.1, 0.15) is 32.3 Å². The number of anilines is 1. The monoisotopic (exact) mass is 417 g/mol. The first-order valence-corrected chi connectivity index (χ1v) is 11.4. The van der Waals surface area contributed by atoms with Crippen LogP contribution in [0.2, 0.25) is 0 Å². The summed E-state index contributed by atoms with van der Waals surface area (Å²) in [4.78, 5) is 12.8. The molecular weight excluding hydrogens is 386 g/mol. The van der Waals surface area contributed by atoms with E-state index in [1.54, 1.807) is 24.3 Å². The highest BCUT2D eigenvalue weighted by molar-refractivity contribution is 7.89. The molecule has 29 heavy (non-hydrogen) atoms. The molecule has 0 heterocycles. The largest absolute Gasteiger partial charge is 0.385 e. The average molecular weight is 418 g/mol. The number of sulfonamides is 1. The molecule has 0 aliphatic rings. The molecule has 0 aliphatic carbocycles. The van der Waals surface area contributed by atoms with Crippen molar-refractivity contribution in [2.75, 3.05) is 18.4 Å². The van der Waals surface area contributed by atoms with Gasteiger partial charge in [-0.3, -0.25) is 4.79 Å². The van der Waals surface area contributed by atoms with Gasteiger partial charge in [0, 0.05) is 18.8 Å². The molecule has 158 valence electrons. The van der Waals surface area contributed by atoms with E-state index in [1.165, 1.54) is 0 Å². The van der Waals surface area contributed by atoms with Crippen LogP contribution in [0.5, 0.6) is 0 Å². The number of hydrogen-bond donors (Lipinski definition) is 3. The number of carbonyl (C=O) groups excluding carboxylic acids is 1. The van der Waals surface area contributed by atoms with Crippen LogP contribution in [0.15, 0.2) is 59.5 Å². The van der Waals surface area contributed by atoms with Crippen molar-refractivity contribution in [2.24, 2.45) is 5.92 Å². The van der Waals surface area contributed by atoms with Crippen molar-refractivity contribution in [1.82, 2.24) is 10.0 Å². The summed E-state index contributed by atoms with van der Waals surface area (Å²) in [6.07, 6.45) is 1.17. The van der Waals surface area contributed by atoms with Gasteiger partial charge in [-0.1, -0.05) is 49.7 Å². The summed E-state index contributed by atoms with van der Waals surface area (Å²) >= 11 is 0. The normalized spacial score (nSPS) is 12.6. The van der Waals surface area contributed by atoms with E-state index < -0.39 is 16.1 Å². The highest BCUT2D eigenvalue weighted by Gasteiger charge is 2.26. The van der Waals surface area contributed by atoms with E-state index >= 15 is 0 Å². The smallest absolute Gasteiger partial charge is 0.241 e. The van der Waals surface area contributed by atoms with Gasteiger partial charge in [0.25, 0.3) is 0 Å². The number of aryl methyl sites for hydroxylation is 1. The number of hydrogen-bond acceptors (Lipinski definition) is 4. The molecule has 0 bridgehead atoms. The number of benzene rings is 2. The summed E-state index contributed by atoms with van der Waals surface area (Å²) in [5.41, 5.74) is 2.01. The van der Waals surface area contributed by atoms with Gasteiger partial charge in [0.15, 0.2) is 0 Å². The molecule has 0 aliphatic heterocycles. The Morgan fingerprint density at radius 2 is 1.62 bits per heavy atom. The fourth-order valence-corrected chi connectivity index (χ4v) is 4.07. The van der Waals surface area contributed by atoms with Gasteiger partial charge in [-0.25, -0.2) is 8.42 Å². The SMILES string of the molecule is Cc1ccc(S(=O)(=O)NC(CC(C)C)C(=O)NCCCNc2ccccc2)cc1. The molecular formula is C22H31N3O3S. The molecule has 6 nitrogen and oxygen atoms in total. The maximum Gasteiger partial charge on any atom is 0.241 e. The lowest BCUT2D eigenvalue weighted by Crippen LogP contribution is -2.47. The van der Waals surface area contributed by atoms with Crippen LogP contribution in [0, 0.1) is 12.8 Å². The minimum absolute atomic E-state index is 0.164. The van der Waals surface area contributed by atoms with Crippen LogP contribution >= 0.6 is 0 Å². The number of rotatable bonds is 11. The molecule has 3 N–H and O–H groups in total. The maximum atomic E-state index is 12.7. The number of carbonyl (C=O) groups is 1. The Morgan fingerprint density at radius 3 is 2.24 bits per heavy atom. The summed E-state index contributed by atoms with van der Waals surface area (Å²) in [6, 6.07) is 15.6. The first-order chi connectivity index (χ1) is 13.8. The van der Waals surface area contributed by atoms with Crippen molar-refractivity contribution in [3.8, 4) is 0 Å². The minimum atomic E-state index is -3.76. The Hall–Kier alpha value is -2.38. The second-order valence-electron chi connectivity index (χ2n) is 7.55. The molecule has 0 saturated heterocycles. The van der Waals surface area contributed by atoms with Crippen molar-refractivity contribution >= 4 is 21.6 Å². The average Bonchev–Trinajstić information content (AvgIpc) is 2.67. The third-order valence-corrected chi connectivity index (χ3v) is 5.90. The van der Waals surface area contributed by atoms with E-state index in [9.17, 15) is 13.2 Å². The quantitative estimate of drug-likeness (QED) is 0.490. The lowest BCUT2D eigenvalue weighted by Gasteiger charge is -2.20. The van der Waals surface area contributed by atoms with Gasteiger partial charge < -0.3 is 10.6 Å². The van der Waals surface area contributed by atoms with Gasteiger partial charge in [0.1, 0.15) is 6.04 Å². The predicted molar refractivity (Wildman–Crippen MR) is 117 cm³/mol. The first kappa shape index (κ1) is 22.9. The maximum absolute atomic E-state index is 12.7. The lowest BCUT2D eigenvalue weighted by molar-refractivity contribution is -0.123. The van der Waals surface area contributed by atoms with Gasteiger partial charge in [-0.05, 0) is 49.9 Å². The molecule has 2 rings (SSSR count). The number of nitrogens with one attached hydrogen (secondary N) is 3. The van der Waals surface area contributed by atoms with E-state index in [4.69, 9.17) is 0 Å². The molecule has 0 fully saturated rings. The van der Waals surface area contributed by atoms with Gasteiger partial charge in [-0.15, -0.1) is 0 Å². The van der Waals surface area contributed by atoms with Crippen LogP contribution in [-0.4, -0.2) is 33.5 Å². The molecule has 0 spiro atoms. The fourth-order valence-electron chi connectivity index (χ4n) is 2.86. The van der Waals surface area contributed by atoms with Crippen molar-refractivity contribution in [2.45, 2.75) is 44.6 Å². The Kier molecular flexibility index (Phi) is 8.67. The first-order valence-electron chi connectivity index (χ1n) is 9.93. The Morgan fingerprint density at radius 1 is 0.966 bits per heavy atom. The summed E-state index contributed by atoms with van der Waals surface area (Å²) in [7, 11) is -3.76. The Balaban J connectivity index is 1.89. The van der Waals surface area contributed by atoms with Crippen LogP contribution in [0.25, 0.3) is 0 Å². The molecule has 2 aromatic carbocycles. The van der Waals surface area contributed by atoms with Crippen LogP contribution in [0.3, 0.4) is 0 Å². The van der Waals surface area contributed by atoms with E-state index in [1.807, 2.05) is 51.1 Å². The molecule has 0 radical (unpaired) electrons. The van der Waals surface area contributed by atoms with Crippen molar-refractivity contribution in [1.29, 1.82) is 0 Å².